The fourth-order valence-electron chi connectivity index (χ4n) is 17.2. The largest absolute Gasteiger partial charge is 2.00 e. The Morgan fingerprint density at radius 3 is 0.425 bits per heavy atom. The third-order valence-electron chi connectivity index (χ3n) is 22.4. The first-order valence-corrected chi connectivity index (χ1v) is 38.3. The molecule has 4 nitrogen and oxygen atoms in total. The molecule has 18 aromatic rings. The standard InChI is InChI=1S/C108H68N4.Cu/c1-13-37-69(38-14-1)81-61-89-90(62-82(81)70-39-15-2-16-40-70)102-98(78-55-31-10-32-56-78)104-93-65-85(73-45-21-5-22-46-73)86(74-47-23-6-24-48-74)66-94(93)106(111-104)100(80-59-35-12-36-60-80)108-96-68-88(76-51-27-8-28-52-76)87(75-49-25-7-26-50-75)67-95(96)107(112-108)99(79-57-33-11-34-58-79)105-92-64-84(72-43-19-4-20-44-72)83(71-41-17-3-18-42-71)63-91(92)103(110-105)97(101(89)109-102)77-53-29-9-30-54-77;/h1-68H;/q-2;+2. The number of benzene rings is 16. The molecule has 0 atom stereocenters. The van der Waals surface area contributed by atoms with Crippen molar-refractivity contribution in [3.8, 4) is 179 Å². The molecular weight excluding hydrogens is 1420 g/mol. The molecule has 3 aliphatic rings. The summed E-state index contributed by atoms with van der Waals surface area (Å²) in [5.74, 6) is 0. The number of hydrogen-bond donors (Lipinski definition) is 0. The smallest absolute Gasteiger partial charge is 0.656 e. The molecule has 531 valence electrons. The molecule has 0 unspecified atom stereocenters. The Labute approximate surface area is 666 Å². The van der Waals surface area contributed by atoms with E-state index in [1.54, 1.807) is 0 Å². The van der Waals surface area contributed by atoms with E-state index in [-0.39, 0.29) is 17.1 Å². The maximum Gasteiger partial charge on any atom is 2.00 e. The summed E-state index contributed by atoms with van der Waals surface area (Å²) >= 11 is 0. The average molecular weight is 1490 g/mol. The molecule has 4 heterocycles. The topological polar surface area (TPSA) is 54.0 Å². The van der Waals surface area contributed by atoms with Gasteiger partial charge in [0, 0.05) is 22.3 Å². The molecule has 2 aliphatic heterocycles. The Hall–Kier alpha value is -14.3. The van der Waals surface area contributed by atoms with Gasteiger partial charge in [0.15, 0.2) is 0 Å². The van der Waals surface area contributed by atoms with E-state index in [1.807, 2.05) is 0 Å². The zero-order chi connectivity index (χ0) is 74.0. The molecule has 1 aliphatic carbocycles. The van der Waals surface area contributed by atoms with E-state index in [0.717, 1.165) is 222 Å². The van der Waals surface area contributed by atoms with Crippen LogP contribution in [0.4, 0.5) is 0 Å². The van der Waals surface area contributed by atoms with Crippen LogP contribution in [0.5, 0.6) is 0 Å². The molecule has 21 rings (SSSR count). The Morgan fingerprint density at radius 2 is 0.274 bits per heavy atom. The van der Waals surface area contributed by atoms with E-state index in [9.17, 15) is 0 Å². The van der Waals surface area contributed by atoms with Gasteiger partial charge in [-0.15, -0.1) is 22.1 Å². The van der Waals surface area contributed by atoms with Crippen molar-refractivity contribution in [2.75, 3.05) is 0 Å². The summed E-state index contributed by atoms with van der Waals surface area (Å²) < 4.78 is 0. The number of nitrogens with zero attached hydrogens (tertiary/aromatic N) is 4. The normalized spacial score (nSPS) is 11.5. The minimum atomic E-state index is 0. The Balaban J connectivity index is 0.00000830. The molecule has 16 aromatic carbocycles. The second-order valence-corrected chi connectivity index (χ2v) is 28.9. The zero-order valence-corrected chi connectivity index (χ0v) is 62.3. The molecular formula is C108H68CuN4. The summed E-state index contributed by atoms with van der Waals surface area (Å²) in [4.78, 5) is 25.9. The summed E-state index contributed by atoms with van der Waals surface area (Å²) in [6.07, 6.45) is 0. The van der Waals surface area contributed by atoms with Crippen molar-refractivity contribution in [3.63, 3.8) is 0 Å². The van der Waals surface area contributed by atoms with Gasteiger partial charge in [-0.05, 0) is 204 Å². The van der Waals surface area contributed by atoms with Crippen LogP contribution < -0.4 is 9.97 Å². The molecule has 0 saturated carbocycles. The van der Waals surface area contributed by atoms with Gasteiger partial charge in [0.1, 0.15) is 0 Å². The van der Waals surface area contributed by atoms with E-state index < -0.39 is 0 Å². The molecule has 5 heteroatoms. The van der Waals surface area contributed by atoms with Gasteiger partial charge in [0.2, 0.25) is 0 Å². The number of hydrogen-bond acceptors (Lipinski definition) is 2. The summed E-state index contributed by atoms with van der Waals surface area (Å²) in [7, 11) is 0. The molecule has 0 saturated heterocycles. The SMILES string of the molecule is [Cu+2].c1ccc(-c2cc3c(cc2-c2ccccc2)-c2nc-3c(-c3ccccc3)c3[n-]c(c(-c4ccccc4)c4nc(c(-c5ccccc5)c5[n-]c(c2-c2ccccc2)c2cc(-c6ccccc6)c(-c6ccccc6)cc52)-c2cc(-c5ccccc5)c(-c5ccccc5)cc2-4)c2cc(-c4ccccc4)c(-c4ccccc4)cc32)cc1. The second-order valence-electron chi connectivity index (χ2n) is 28.9. The van der Waals surface area contributed by atoms with Gasteiger partial charge in [0.05, 0.1) is 22.8 Å². The summed E-state index contributed by atoms with van der Waals surface area (Å²) in [5.41, 5.74) is 35.0. The Kier molecular flexibility index (Phi) is 17.4. The van der Waals surface area contributed by atoms with Crippen molar-refractivity contribution < 1.29 is 17.1 Å². The van der Waals surface area contributed by atoms with E-state index in [0.29, 0.717) is 0 Å². The van der Waals surface area contributed by atoms with Gasteiger partial charge in [-0.25, -0.2) is 9.97 Å². The predicted molar refractivity (Wildman–Crippen MR) is 468 cm³/mol. The molecule has 0 amide bonds. The van der Waals surface area contributed by atoms with Gasteiger partial charge >= 0.3 is 17.1 Å². The summed E-state index contributed by atoms with van der Waals surface area (Å²) in [6, 6.07) is 150. The Morgan fingerprint density at radius 1 is 0.142 bits per heavy atom. The third kappa shape index (κ3) is 11.9. The molecule has 113 heavy (non-hydrogen) atoms. The van der Waals surface area contributed by atoms with E-state index in [4.69, 9.17) is 19.9 Å². The monoisotopic (exact) mass is 1480 g/mol. The quantitative estimate of drug-likeness (QED) is 0.114. The van der Waals surface area contributed by atoms with Crippen LogP contribution in [0.15, 0.2) is 413 Å². The second kappa shape index (κ2) is 28.9. The first kappa shape index (κ1) is 68.0. The molecule has 2 aromatic heterocycles. The first-order valence-electron chi connectivity index (χ1n) is 38.3. The van der Waals surface area contributed by atoms with E-state index >= 15 is 0 Å². The molecule has 1 radical (unpaired) electrons. The Bertz CT molecular complexity index is 6160. The maximum absolute atomic E-state index is 6.48. The van der Waals surface area contributed by atoms with Gasteiger partial charge in [0.25, 0.3) is 0 Å². The predicted octanol–water partition coefficient (Wildman–Crippen LogP) is 28.5. The molecule has 0 fully saturated rings. The molecule has 0 N–H and O–H groups in total. The van der Waals surface area contributed by atoms with Gasteiger partial charge in [-0.1, -0.05) is 364 Å². The average Bonchev–Trinajstić information content (AvgIpc) is 1.55. The summed E-state index contributed by atoms with van der Waals surface area (Å²) in [5, 5.41) is 3.88. The van der Waals surface area contributed by atoms with Crippen LogP contribution in [0.2, 0.25) is 0 Å². The van der Waals surface area contributed by atoms with E-state index in [2.05, 4.69) is 413 Å². The minimum Gasteiger partial charge on any atom is -0.656 e. The third-order valence-corrected chi connectivity index (χ3v) is 22.4. The van der Waals surface area contributed by atoms with Crippen LogP contribution in [-0.4, -0.2) is 9.97 Å². The fourth-order valence-corrected chi connectivity index (χ4v) is 17.2. The maximum atomic E-state index is 6.48. The van der Waals surface area contributed by atoms with Crippen LogP contribution in [0, 0.1) is 0 Å². The van der Waals surface area contributed by atoms with Crippen LogP contribution in [-0.2, 0) is 17.1 Å². The van der Waals surface area contributed by atoms with E-state index in [1.165, 1.54) is 0 Å². The fraction of sp³-hybridized carbons (Fsp3) is 0. The van der Waals surface area contributed by atoms with Gasteiger partial charge < -0.3 is 9.97 Å². The number of rotatable bonds is 12. The molecule has 0 spiro atoms. The van der Waals surface area contributed by atoms with Crippen LogP contribution in [0.25, 0.3) is 222 Å². The van der Waals surface area contributed by atoms with Crippen molar-refractivity contribution in [1.29, 1.82) is 0 Å². The van der Waals surface area contributed by atoms with Gasteiger partial charge in [-0.3, -0.25) is 0 Å². The number of aromatic nitrogens is 4. The van der Waals surface area contributed by atoms with Crippen molar-refractivity contribution in [1.82, 2.24) is 19.9 Å². The van der Waals surface area contributed by atoms with Gasteiger partial charge in [-0.2, -0.15) is 0 Å². The van der Waals surface area contributed by atoms with Crippen molar-refractivity contribution in [2.45, 2.75) is 0 Å². The van der Waals surface area contributed by atoms with Crippen molar-refractivity contribution in [3.05, 3.63) is 413 Å². The van der Waals surface area contributed by atoms with Crippen molar-refractivity contribution in [2.24, 2.45) is 0 Å². The summed E-state index contributed by atoms with van der Waals surface area (Å²) in [6.45, 7) is 0. The van der Waals surface area contributed by atoms with Crippen LogP contribution in [0.1, 0.15) is 0 Å². The molecule has 8 bridgehead atoms. The van der Waals surface area contributed by atoms with Crippen LogP contribution >= 0.6 is 0 Å². The van der Waals surface area contributed by atoms with Crippen molar-refractivity contribution >= 4 is 43.6 Å². The first-order chi connectivity index (χ1) is 55.6. The minimum absolute atomic E-state index is 0. The zero-order valence-electron chi connectivity index (χ0n) is 61.4. The van der Waals surface area contributed by atoms with Crippen LogP contribution in [0.3, 0.4) is 0 Å².